The largest absolute Gasteiger partial charge is 0.341 e. The standard InChI is InChI=1S/C20H22ClN3O4/c1-12(18(25)23-15-8-6-14(7-9-15)20(2,3)4)22-19(26)13-5-10-16(21)17(11-13)24(27)28/h5-12H,1-4H3,(H,22,26)(H,23,25)/t12-/m0/s1. The molecule has 0 bridgehead atoms. The number of anilines is 1. The zero-order chi connectivity index (χ0) is 21.1. The molecule has 0 fully saturated rings. The van der Waals surface area contributed by atoms with Crippen LogP contribution in [0.5, 0.6) is 0 Å². The van der Waals surface area contributed by atoms with Gasteiger partial charge >= 0.3 is 0 Å². The summed E-state index contributed by atoms with van der Waals surface area (Å²) in [6, 6.07) is 10.3. The second-order valence-electron chi connectivity index (χ2n) is 7.44. The smallest absolute Gasteiger partial charge is 0.288 e. The van der Waals surface area contributed by atoms with Crippen LogP contribution in [0.3, 0.4) is 0 Å². The van der Waals surface area contributed by atoms with E-state index < -0.39 is 22.8 Å². The second-order valence-corrected chi connectivity index (χ2v) is 7.84. The molecule has 2 aromatic carbocycles. The van der Waals surface area contributed by atoms with Gasteiger partial charge in [-0.3, -0.25) is 19.7 Å². The van der Waals surface area contributed by atoms with Crippen molar-refractivity contribution in [1.29, 1.82) is 0 Å². The summed E-state index contributed by atoms with van der Waals surface area (Å²) in [5.74, 6) is -1.01. The predicted octanol–water partition coefficient (Wildman–Crippen LogP) is 4.30. The van der Waals surface area contributed by atoms with Crippen molar-refractivity contribution in [2.24, 2.45) is 0 Å². The van der Waals surface area contributed by atoms with Gasteiger partial charge in [-0.25, -0.2) is 0 Å². The number of hydrogen-bond donors (Lipinski definition) is 2. The van der Waals surface area contributed by atoms with Crippen LogP contribution in [-0.4, -0.2) is 22.8 Å². The van der Waals surface area contributed by atoms with Gasteiger partial charge in [0.05, 0.1) is 4.92 Å². The molecule has 2 aromatic rings. The van der Waals surface area contributed by atoms with Crippen LogP contribution < -0.4 is 10.6 Å². The first-order valence-electron chi connectivity index (χ1n) is 8.65. The van der Waals surface area contributed by atoms with Crippen molar-refractivity contribution in [2.45, 2.75) is 39.2 Å². The zero-order valence-electron chi connectivity index (χ0n) is 16.1. The number of carbonyl (C=O) groups is 2. The monoisotopic (exact) mass is 403 g/mol. The Morgan fingerprint density at radius 1 is 1.11 bits per heavy atom. The van der Waals surface area contributed by atoms with E-state index in [2.05, 4.69) is 31.4 Å². The average molecular weight is 404 g/mol. The Morgan fingerprint density at radius 2 is 1.71 bits per heavy atom. The van der Waals surface area contributed by atoms with Gasteiger partial charge in [0.2, 0.25) is 5.91 Å². The number of carbonyl (C=O) groups excluding carboxylic acids is 2. The number of benzene rings is 2. The molecule has 1 atom stereocenters. The van der Waals surface area contributed by atoms with E-state index in [4.69, 9.17) is 11.6 Å². The minimum atomic E-state index is -0.843. The lowest BCUT2D eigenvalue weighted by Crippen LogP contribution is -2.41. The molecule has 0 aliphatic carbocycles. The highest BCUT2D eigenvalue weighted by molar-refractivity contribution is 6.32. The van der Waals surface area contributed by atoms with Crippen LogP contribution in [0.1, 0.15) is 43.6 Å². The molecule has 7 nitrogen and oxygen atoms in total. The minimum absolute atomic E-state index is 0.00496. The van der Waals surface area contributed by atoms with E-state index in [1.165, 1.54) is 19.1 Å². The van der Waals surface area contributed by atoms with Gasteiger partial charge in [-0.15, -0.1) is 0 Å². The third-order valence-electron chi connectivity index (χ3n) is 4.16. The molecule has 0 spiro atoms. The third-order valence-corrected chi connectivity index (χ3v) is 4.48. The SMILES string of the molecule is C[C@H](NC(=O)c1ccc(Cl)c([N+](=O)[O-])c1)C(=O)Nc1ccc(C(C)(C)C)cc1. The first-order chi connectivity index (χ1) is 13.0. The fourth-order valence-electron chi connectivity index (χ4n) is 2.44. The number of amides is 2. The number of hydrogen-bond acceptors (Lipinski definition) is 4. The number of nitro groups is 1. The van der Waals surface area contributed by atoms with Gasteiger partial charge < -0.3 is 10.6 Å². The summed E-state index contributed by atoms with van der Waals surface area (Å²) in [5, 5.41) is 16.1. The van der Waals surface area contributed by atoms with Crippen LogP contribution in [0.4, 0.5) is 11.4 Å². The summed E-state index contributed by atoms with van der Waals surface area (Å²) in [5.41, 5.74) is 1.43. The van der Waals surface area contributed by atoms with Crippen molar-refractivity contribution in [1.82, 2.24) is 5.32 Å². The maximum atomic E-state index is 12.3. The van der Waals surface area contributed by atoms with Crippen molar-refractivity contribution in [2.75, 3.05) is 5.32 Å². The van der Waals surface area contributed by atoms with Crippen LogP contribution in [0, 0.1) is 10.1 Å². The van der Waals surface area contributed by atoms with E-state index in [0.717, 1.165) is 11.6 Å². The Bertz CT molecular complexity index is 905. The Morgan fingerprint density at radius 3 is 2.25 bits per heavy atom. The first-order valence-corrected chi connectivity index (χ1v) is 9.03. The van der Waals surface area contributed by atoms with Crippen molar-refractivity contribution < 1.29 is 14.5 Å². The fourth-order valence-corrected chi connectivity index (χ4v) is 2.63. The van der Waals surface area contributed by atoms with E-state index in [-0.39, 0.29) is 21.7 Å². The molecule has 28 heavy (non-hydrogen) atoms. The third kappa shape index (κ3) is 5.29. The second kappa shape index (κ2) is 8.39. The van der Waals surface area contributed by atoms with Crippen molar-refractivity contribution >= 4 is 34.8 Å². The molecule has 0 aliphatic rings. The van der Waals surface area contributed by atoms with E-state index in [0.29, 0.717) is 5.69 Å². The number of nitro benzene ring substituents is 1. The molecule has 0 saturated carbocycles. The highest BCUT2D eigenvalue weighted by Crippen LogP contribution is 2.25. The van der Waals surface area contributed by atoms with E-state index in [1.807, 2.05) is 12.1 Å². The molecule has 0 saturated heterocycles. The normalized spacial score (nSPS) is 12.2. The van der Waals surface area contributed by atoms with Crippen LogP contribution in [0.15, 0.2) is 42.5 Å². The maximum absolute atomic E-state index is 12.3. The lowest BCUT2D eigenvalue weighted by Gasteiger charge is -2.19. The maximum Gasteiger partial charge on any atom is 0.288 e. The van der Waals surface area contributed by atoms with Gasteiger partial charge in [0.1, 0.15) is 11.1 Å². The lowest BCUT2D eigenvalue weighted by atomic mass is 9.87. The van der Waals surface area contributed by atoms with Gasteiger partial charge in [0.25, 0.3) is 11.6 Å². The van der Waals surface area contributed by atoms with Crippen molar-refractivity contribution in [3.8, 4) is 0 Å². The summed E-state index contributed by atoms with van der Waals surface area (Å²) >= 11 is 5.74. The molecule has 2 amide bonds. The van der Waals surface area contributed by atoms with Gasteiger partial charge in [-0.1, -0.05) is 44.5 Å². The number of rotatable bonds is 5. The summed E-state index contributed by atoms with van der Waals surface area (Å²) < 4.78 is 0. The Hall–Kier alpha value is -2.93. The molecule has 2 N–H and O–H groups in total. The van der Waals surface area contributed by atoms with E-state index in [1.54, 1.807) is 12.1 Å². The quantitative estimate of drug-likeness (QED) is 0.573. The predicted molar refractivity (Wildman–Crippen MR) is 109 cm³/mol. The summed E-state index contributed by atoms with van der Waals surface area (Å²) in [4.78, 5) is 34.9. The highest BCUT2D eigenvalue weighted by atomic mass is 35.5. The number of nitrogens with one attached hydrogen (secondary N) is 2. The molecule has 8 heteroatoms. The Kier molecular flexibility index (Phi) is 6.41. The molecule has 0 aromatic heterocycles. The first kappa shape index (κ1) is 21.4. The Balaban J connectivity index is 2.03. The molecule has 0 radical (unpaired) electrons. The van der Waals surface area contributed by atoms with Crippen LogP contribution in [-0.2, 0) is 10.2 Å². The number of halogens is 1. The zero-order valence-corrected chi connectivity index (χ0v) is 16.8. The molecule has 2 rings (SSSR count). The minimum Gasteiger partial charge on any atom is -0.341 e. The number of nitrogens with zero attached hydrogens (tertiary/aromatic N) is 1. The van der Waals surface area contributed by atoms with E-state index >= 15 is 0 Å². The topological polar surface area (TPSA) is 101 Å². The lowest BCUT2D eigenvalue weighted by molar-refractivity contribution is -0.384. The van der Waals surface area contributed by atoms with Crippen molar-refractivity contribution in [3.05, 3.63) is 68.7 Å². The van der Waals surface area contributed by atoms with E-state index in [9.17, 15) is 19.7 Å². The average Bonchev–Trinajstić information content (AvgIpc) is 2.61. The summed E-state index contributed by atoms with van der Waals surface area (Å²) in [6.45, 7) is 7.82. The van der Waals surface area contributed by atoms with Gasteiger partial charge in [0.15, 0.2) is 0 Å². The van der Waals surface area contributed by atoms with Gasteiger partial charge in [-0.2, -0.15) is 0 Å². The highest BCUT2D eigenvalue weighted by Gasteiger charge is 2.20. The van der Waals surface area contributed by atoms with Crippen molar-refractivity contribution in [3.63, 3.8) is 0 Å². The molecule has 148 valence electrons. The van der Waals surface area contributed by atoms with Gasteiger partial charge in [0, 0.05) is 17.3 Å². The molecule has 0 aliphatic heterocycles. The molecular formula is C20H22ClN3O4. The Labute approximate surface area is 168 Å². The fraction of sp³-hybridized carbons (Fsp3) is 0.300. The summed E-state index contributed by atoms with van der Waals surface area (Å²) in [6.07, 6.45) is 0. The van der Waals surface area contributed by atoms with Gasteiger partial charge in [-0.05, 0) is 42.2 Å². The van der Waals surface area contributed by atoms with Crippen LogP contribution in [0.2, 0.25) is 5.02 Å². The van der Waals surface area contributed by atoms with Crippen LogP contribution in [0.25, 0.3) is 0 Å². The molecule has 0 heterocycles. The molecular weight excluding hydrogens is 382 g/mol. The molecule has 0 unspecified atom stereocenters. The van der Waals surface area contributed by atoms with Crippen LogP contribution >= 0.6 is 11.6 Å². The summed E-state index contributed by atoms with van der Waals surface area (Å²) in [7, 11) is 0.